The van der Waals surface area contributed by atoms with Crippen molar-refractivity contribution >= 4 is 61.1 Å². The van der Waals surface area contributed by atoms with Crippen LogP contribution in [0.2, 0.25) is 0 Å². The first-order chi connectivity index (χ1) is 27.6. The van der Waals surface area contributed by atoms with Gasteiger partial charge in [0.1, 0.15) is 0 Å². The molecule has 0 saturated heterocycles. The monoisotopic (exact) mass is 958 g/mol. The highest BCUT2D eigenvalue weighted by Gasteiger charge is 2.28. The van der Waals surface area contributed by atoms with E-state index in [4.69, 9.17) is 50.0 Å². The van der Waals surface area contributed by atoms with E-state index in [9.17, 15) is 4.79 Å². The molecule has 0 aliphatic heterocycles. The minimum Gasteiger partial charge on any atom is -0.466 e. The van der Waals surface area contributed by atoms with Crippen LogP contribution in [-0.2, 0) is 54.8 Å². The van der Waals surface area contributed by atoms with Gasteiger partial charge in [-0.3, -0.25) is 4.79 Å². The number of carbonyl (C=O) groups excluding carboxylic acids is 1. The van der Waals surface area contributed by atoms with Crippen LogP contribution in [0.5, 0.6) is 0 Å². The maximum absolute atomic E-state index is 11.9. The average molecular weight is 959 g/mol. The number of ether oxygens (including phenoxy) is 1. The standard InChI is InChI=1S/C41H86O12P4S2/c1-19-43-41(42)20-21-58-56(46-33(10)11)53-40(18)28-59-57(51-38(16)26-44-54(47-34(12)22-29(2)3)48-35(13)23-30(4)5)52-39(17)27-45-55(49-36(14)24-31(6)7)50-37(15)25-32(8)9/h29-40H,19-28H2,1-18H3. The molecule has 8 atom stereocenters. The number of rotatable bonds is 38. The summed E-state index contributed by atoms with van der Waals surface area (Å²) >= 11 is 3.07. The van der Waals surface area contributed by atoms with E-state index >= 15 is 0 Å². The molecule has 0 aromatic carbocycles. The van der Waals surface area contributed by atoms with Crippen LogP contribution < -0.4 is 0 Å². The van der Waals surface area contributed by atoms with Crippen molar-refractivity contribution in [2.45, 2.75) is 206 Å². The van der Waals surface area contributed by atoms with Crippen molar-refractivity contribution < 1.29 is 54.8 Å². The summed E-state index contributed by atoms with van der Waals surface area (Å²) in [7, 11) is -5.96. The van der Waals surface area contributed by atoms with Crippen molar-refractivity contribution in [3.05, 3.63) is 0 Å². The Kier molecular flexibility index (Phi) is 36.6. The van der Waals surface area contributed by atoms with Crippen molar-refractivity contribution in [3.8, 4) is 0 Å². The van der Waals surface area contributed by atoms with Gasteiger partial charge in [-0.25, -0.2) is 0 Å². The van der Waals surface area contributed by atoms with Crippen molar-refractivity contribution in [3.63, 3.8) is 0 Å². The summed E-state index contributed by atoms with van der Waals surface area (Å²) in [4.78, 5) is 11.9. The number of esters is 1. The molecular formula is C41H86O12P4S2. The molecule has 0 spiro atoms. The highest BCUT2D eigenvalue weighted by Crippen LogP contribution is 2.58. The minimum absolute atomic E-state index is 0.00409. The van der Waals surface area contributed by atoms with Crippen LogP contribution in [0, 0.1) is 23.7 Å². The number of hydrogen-bond donors (Lipinski definition) is 0. The molecule has 12 nitrogen and oxygen atoms in total. The van der Waals surface area contributed by atoms with Gasteiger partial charge in [0.25, 0.3) is 0 Å². The van der Waals surface area contributed by atoms with E-state index in [0.29, 0.717) is 48.2 Å². The lowest BCUT2D eigenvalue weighted by Gasteiger charge is -2.29. The van der Waals surface area contributed by atoms with Gasteiger partial charge in [-0.05, 0) is 119 Å². The summed E-state index contributed by atoms with van der Waals surface area (Å²) in [6.07, 6.45) is 3.06. The van der Waals surface area contributed by atoms with Gasteiger partial charge >= 0.3 is 23.2 Å². The average Bonchev–Trinajstić information content (AvgIpc) is 3.06. The van der Waals surface area contributed by atoms with E-state index in [2.05, 4.69) is 83.1 Å². The van der Waals surface area contributed by atoms with Crippen LogP contribution in [0.3, 0.4) is 0 Å². The van der Waals surface area contributed by atoms with E-state index in [1.165, 1.54) is 11.4 Å². The minimum atomic E-state index is -1.59. The molecule has 0 aliphatic carbocycles. The molecule has 0 amide bonds. The Morgan fingerprint density at radius 3 is 1.15 bits per heavy atom. The second-order valence-electron chi connectivity index (χ2n) is 17.3. The zero-order valence-electron chi connectivity index (χ0n) is 40.0. The molecule has 0 fully saturated rings. The van der Waals surface area contributed by atoms with E-state index in [1.54, 1.807) is 11.4 Å². The first kappa shape index (κ1) is 60.5. The third-order valence-corrected chi connectivity index (χ3v) is 17.2. The molecule has 0 rings (SSSR count). The van der Waals surface area contributed by atoms with Gasteiger partial charge in [-0.1, -0.05) is 78.2 Å². The molecule has 0 bridgehead atoms. The molecule has 0 heterocycles. The Balaban J connectivity index is 5.94. The maximum Gasteiger partial charge on any atom is 0.333 e. The topological polar surface area (TPSA) is 119 Å². The third kappa shape index (κ3) is 36.4. The summed E-state index contributed by atoms with van der Waals surface area (Å²) in [6.45, 7) is 38.4. The Morgan fingerprint density at radius 1 is 0.458 bits per heavy atom. The van der Waals surface area contributed by atoms with E-state index in [1.807, 2.05) is 41.5 Å². The maximum atomic E-state index is 11.9. The molecular weight excluding hydrogens is 872 g/mol. The van der Waals surface area contributed by atoms with Gasteiger partial charge in [0.2, 0.25) is 15.2 Å². The van der Waals surface area contributed by atoms with Crippen molar-refractivity contribution in [1.82, 2.24) is 0 Å². The van der Waals surface area contributed by atoms with Gasteiger partial charge in [0.15, 0.2) is 0 Å². The molecule has 0 saturated carbocycles. The smallest absolute Gasteiger partial charge is 0.333 e. The fourth-order valence-corrected chi connectivity index (χ4v) is 14.9. The third-order valence-electron chi connectivity index (χ3n) is 7.42. The Hall–Kier alpha value is 1.49. The van der Waals surface area contributed by atoms with Crippen LogP contribution in [-0.4, -0.2) is 86.1 Å². The van der Waals surface area contributed by atoms with E-state index < -0.39 is 32.4 Å². The van der Waals surface area contributed by atoms with Gasteiger partial charge in [-0.2, -0.15) is 0 Å². The van der Waals surface area contributed by atoms with Gasteiger partial charge in [-0.15, -0.1) is 0 Å². The molecule has 354 valence electrons. The summed E-state index contributed by atoms with van der Waals surface area (Å²) in [5.41, 5.74) is 0. The van der Waals surface area contributed by atoms with Crippen LogP contribution in [0.15, 0.2) is 0 Å². The fraction of sp³-hybridized carbons (Fsp3) is 0.976. The molecule has 0 aromatic heterocycles. The highest BCUT2D eigenvalue weighted by atomic mass is 32.7. The van der Waals surface area contributed by atoms with E-state index in [-0.39, 0.29) is 68.0 Å². The predicted molar refractivity (Wildman–Crippen MR) is 254 cm³/mol. The Bertz CT molecular complexity index is 937. The van der Waals surface area contributed by atoms with Crippen LogP contribution >= 0.6 is 55.1 Å². The van der Waals surface area contributed by atoms with E-state index in [0.717, 1.165) is 25.7 Å². The molecule has 18 heteroatoms. The molecule has 0 aromatic rings. The van der Waals surface area contributed by atoms with Crippen molar-refractivity contribution in [1.29, 1.82) is 0 Å². The summed E-state index contributed by atoms with van der Waals surface area (Å²) in [5.74, 6) is 2.88. The molecule has 0 aliphatic rings. The molecule has 0 radical (unpaired) electrons. The second-order valence-corrected chi connectivity index (χ2v) is 25.8. The zero-order valence-corrected chi connectivity index (χ0v) is 45.2. The summed E-state index contributed by atoms with van der Waals surface area (Å²) < 4.78 is 68.7. The first-order valence-corrected chi connectivity index (χ1v) is 29.5. The lowest BCUT2D eigenvalue weighted by atomic mass is 10.1. The van der Waals surface area contributed by atoms with Gasteiger partial charge < -0.3 is 50.0 Å². The number of carbonyl (C=O) groups is 1. The Labute approximate surface area is 374 Å². The van der Waals surface area contributed by atoms with Crippen LogP contribution in [0.1, 0.15) is 157 Å². The number of hydrogen-bond acceptors (Lipinski definition) is 14. The Morgan fingerprint density at radius 2 is 0.814 bits per heavy atom. The fourth-order valence-electron chi connectivity index (χ4n) is 5.40. The van der Waals surface area contributed by atoms with Crippen molar-refractivity contribution in [2.75, 3.05) is 31.3 Å². The lowest BCUT2D eigenvalue weighted by molar-refractivity contribution is -0.142. The van der Waals surface area contributed by atoms with Gasteiger partial charge in [0, 0.05) is 11.5 Å². The SMILES string of the molecule is CCOC(=O)CCSP(OC(C)C)OC(C)CSP(OC(C)COP(OC(C)CC(C)C)OC(C)CC(C)C)OC(C)COP(OC(C)CC(C)C)OC(C)CC(C)C. The molecule has 59 heavy (non-hydrogen) atoms. The molecule has 0 N–H and O–H groups in total. The zero-order chi connectivity index (χ0) is 45.1. The molecule has 8 unspecified atom stereocenters. The highest BCUT2D eigenvalue weighted by molar-refractivity contribution is 8.53. The van der Waals surface area contributed by atoms with Crippen LogP contribution in [0.4, 0.5) is 0 Å². The predicted octanol–water partition coefficient (Wildman–Crippen LogP) is 14.8. The lowest BCUT2D eigenvalue weighted by Crippen LogP contribution is -2.20. The largest absolute Gasteiger partial charge is 0.466 e. The normalized spacial score (nSPS) is 18.2. The second kappa shape index (κ2) is 35.7. The van der Waals surface area contributed by atoms with Gasteiger partial charge in [0.05, 0.1) is 75.1 Å². The summed E-state index contributed by atoms with van der Waals surface area (Å²) in [6, 6.07) is 0. The quantitative estimate of drug-likeness (QED) is 0.0431. The van der Waals surface area contributed by atoms with Crippen LogP contribution in [0.25, 0.3) is 0 Å². The summed E-state index contributed by atoms with van der Waals surface area (Å²) in [5, 5.41) is 0. The first-order valence-electron chi connectivity index (χ1n) is 21.8. The van der Waals surface area contributed by atoms with Crippen molar-refractivity contribution in [2.24, 2.45) is 23.7 Å².